The number of rotatable bonds is 5. The van der Waals surface area contributed by atoms with Crippen LogP contribution in [0, 0.1) is 0 Å². The molecular weight excluding hydrogens is 336 g/mol. The number of nitrogens with zero attached hydrogens (tertiary/aromatic N) is 2. The molecular formula is C19H22N2O3S. The lowest BCUT2D eigenvalue weighted by Gasteiger charge is -2.22. The summed E-state index contributed by atoms with van der Waals surface area (Å²) >= 11 is 1.47. The van der Waals surface area contributed by atoms with Crippen LogP contribution in [0.4, 0.5) is 0 Å². The molecule has 25 heavy (non-hydrogen) atoms. The quantitative estimate of drug-likeness (QED) is 0.824. The molecule has 0 radical (unpaired) electrons. The lowest BCUT2D eigenvalue weighted by Crippen LogP contribution is -2.40. The number of ether oxygens (including phenoxy) is 1. The van der Waals surface area contributed by atoms with Crippen LogP contribution in [0.25, 0.3) is 10.4 Å². The van der Waals surface area contributed by atoms with E-state index in [0.29, 0.717) is 24.6 Å². The molecule has 0 N–H and O–H groups in total. The van der Waals surface area contributed by atoms with Crippen LogP contribution in [0.3, 0.4) is 0 Å². The van der Waals surface area contributed by atoms with E-state index in [2.05, 4.69) is 0 Å². The Morgan fingerprint density at radius 2 is 1.92 bits per heavy atom. The average molecular weight is 358 g/mol. The van der Waals surface area contributed by atoms with Crippen molar-refractivity contribution < 1.29 is 14.3 Å². The van der Waals surface area contributed by atoms with Gasteiger partial charge in [0, 0.05) is 36.1 Å². The molecule has 0 aliphatic carbocycles. The first-order valence-corrected chi connectivity index (χ1v) is 9.24. The van der Waals surface area contributed by atoms with Crippen LogP contribution in [0.1, 0.15) is 29.1 Å². The second-order valence-corrected chi connectivity index (χ2v) is 7.03. The monoisotopic (exact) mass is 358 g/mol. The van der Waals surface area contributed by atoms with Crippen LogP contribution in [0.5, 0.6) is 5.75 Å². The first-order chi connectivity index (χ1) is 12.0. The maximum Gasteiger partial charge on any atom is 0.264 e. The Bertz CT molecular complexity index is 796. The molecule has 1 aliphatic rings. The molecule has 0 spiro atoms. The van der Waals surface area contributed by atoms with E-state index in [9.17, 15) is 9.59 Å². The molecule has 3 rings (SSSR count). The van der Waals surface area contributed by atoms with Crippen LogP contribution < -0.4 is 4.74 Å². The van der Waals surface area contributed by atoms with Crippen LogP contribution in [-0.2, 0) is 11.4 Å². The molecule has 2 amide bonds. The van der Waals surface area contributed by atoms with Gasteiger partial charge in [0.2, 0.25) is 5.91 Å². The van der Waals surface area contributed by atoms with Gasteiger partial charge in [0.25, 0.3) is 5.91 Å². The number of fused-ring (bicyclic) bond motifs is 3. The van der Waals surface area contributed by atoms with Gasteiger partial charge in [0.05, 0.1) is 11.4 Å². The normalized spacial score (nSPS) is 12.0. The predicted octanol–water partition coefficient (Wildman–Crippen LogP) is 3.25. The van der Waals surface area contributed by atoms with Gasteiger partial charge in [0.15, 0.2) is 0 Å². The summed E-state index contributed by atoms with van der Waals surface area (Å²) in [5, 5.41) is 0. The maximum atomic E-state index is 12.7. The molecule has 132 valence electrons. The third kappa shape index (κ3) is 3.39. The van der Waals surface area contributed by atoms with Gasteiger partial charge in [-0.2, -0.15) is 0 Å². The molecule has 2 heterocycles. The standard InChI is InChI=1S/C19H22N2O3S/c1-4-21(5-2)17(22)11-20(3)19(23)16-10-13-12-24-15-9-7-6-8-14(15)18(13)25-16/h6-10H,4-5,11-12H2,1-3H3. The minimum atomic E-state index is -0.127. The fraction of sp³-hybridized carbons (Fsp3) is 0.368. The number of hydrogen-bond donors (Lipinski definition) is 0. The highest BCUT2D eigenvalue weighted by Crippen LogP contribution is 2.42. The van der Waals surface area contributed by atoms with Gasteiger partial charge in [-0.1, -0.05) is 12.1 Å². The molecule has 0 atom stereocenters. The Balaban J connectivity index is 1.78. The molecule has 1 aromatic carbocycles. The molecule has 5 nitrogen and oxygen atoms in total. The van der Waals surface area contributed by atoms with Crippen molar-refractivity contribution in [2.45, 2.75) is 20.5 Å². The number of carbonyl (C=O) groups excluding carboxylic acids is 2. The maximum absolute atomic E-state index is 12.7. The summed E-state index contributed by atoms with van der Waals surface area (Å²) in [6.45, 7) is 5.74. The van der Waals surface area contributed by atoms with Crippen LogP contribution >= 0.6 is 11.3 Å². The fourth-order valence-corrected chi connectivity index (χ4v) is 4.14. The zero-order chi connectivity index (χ0) is 18.0. The van der Waals surface area contributed by atoms with Gasteiger partial charge in [0.1, 0.15) is 12.4 Å². The summed E-state index contributed by atoms with van der Waals surface area (Å²) < 4.78 is 5.75. The molecule has 6 heteroatoms. The highest BCUT2D eigenvalue weighted by molar-refractivity contribution is 7.17. The average Bonchev–Trinajstić information content (AvgIpc) is 3.06. The van der Waals surface area contributed by atoms with E-state index in [1.807, 2.05) is 44.2 Å². The van der Waals surface area contributed by atoms with Crippen LogP contribution in [-0.4, -0.2) is 48.3 Å². The van der Waals surface area contributed by atoms with E-state index >= 15 is 0 Å². The van der Waals surface area contributed by atoms with Crippen molar-refractivity contribution in [3.8, 4) is 16.2 Å². The number of thiophene rings is 1. The van der Waals surface area contributed by atoms with E-state index in [4.69, 9.17) is 4.74 Å². The molecule has 0 saturated heterocycles. The topological polar surface area (TPSA) is 49.9 Å². The van der Waals surface area contributed by atoms with E-state index in [1.165, 1.54) is 16.2 Å². The smallest absolute Gasteiger partial charge is 0.264 e. The van der Waals surface area contributed by atoms with Crippen LogP contribution in [0.15, 0.2) is 30.3 Å². The first kappa shape index (κ1) is 17.5. The van der Waals surface area contributed by atoms with Gasteiger partial charge in [-0.15, -0.1) is 11.3 Å². The number of amides is 2. The second kappa shape index (κ2) is 7.27. The van der Waals surface area contributed by atoms with Crippen molar-refractivity contribution in [2.24, 2.45) is 0 Å². The number of likely N-dealkylation sites (N-methyl/N-ethyl adjacent to an activating group) is 2. The lowest BCUT2D eigenvalue weighted by atomic mass is 10.1. The van der Waals surface area contributed by atoms with E-state index in [0.717, 1.165) is 21.8 Å². The summed E-state index contributed by atoms with van der Waals surface area (Å²) in [5.74, 6) is 0.689. The van der Waals surface area contributed by atoms with Crippen molar-refractivity contribution in [1.82, 2.24) is 9.80 Å². The number of hydrogen-bond acceptors (Lipinski definition) is 4. The highest BCUT2D eigenvalue weighted by Gasteiger charge is 2.25. The zero-order valence-corrected chi connectivity index (χ0v) is 15.6. The van der Waals surface area contributed by atoms with Gasteiger partial charge in [-0.3, -0.25) is 9.59 Å². The van der Waals surface area contributed by atoms with E-state index in [1.54, 1.807) is 11.9 Å². The third-order valence-corrected chi connectivity index (χ3v) is 5.57. The van der Waals surface area contributed by atoms with Crippen LogP contribution in [0.2, 0.25) is 0 Å². The van der Waals surface area contributed by atoms with E-state index in [-0.39, 0.29) is 18.4 Å². The lowest BCUT2D eigenvalue weighted by molar-refractivity contribution is -0.131. The molecule has 0 bridgehead atoms. The first-order valence-electron chi connectivity index (χ1n) is 8.43. The Morgan fingerprint density at radius 1 is 1.20 bits per heavy atom. The summed E-state index contributed by atoms with van der Waals surface area (Å²) in [7, 11) is 1.67. The Labute approximate surface area is 151 Å². The fourth-order valence-electron chi connectivity index (χ4n) is 2.94. The number of para-hydroxylation sites is 1. The molecule has 2 aromatic rings. The second-order valence-electron chi connectivity index (χ2n) is 5.98. The van der Waals surface area contributed by atoms with Crippen molar-refractivity contribution >= 4 is 23.2 Å². The van der Waals surface area contributed by atoms with Gasteiger partial charge < -0.3 is 14.5 Å². The SMILES string of the molecule is CCN(CC)C(=O)CN(C)C(=O)c1cc2c(s1)-c1ccccc1OC2. The minimum Gasteiger partial charge on any atom is -0.488 e. The Kier molecular flexibility index (Phi) is 5.08. The predicted molar refractivity (Wildman–Crippen MR) is 99.0 cm³/mol. The zero-order valence-electron chi connectivity index (χ0n) is 14.7. The van der Waals surface area contributed by atoms with Crippen molar-refractivity contribution in [1.29, 1.82) is 0 Å². The number of benzene rings is 1. The van der Waals surface area contributed by atoms with Crippen molar-refractivity contribution in [3.05, 3.63) is 40.8 Å². The molecule has 1 aliphatic heterocycles. The molecule has 0 fully saturated rings. The van der Waals surface area contributed by atoms with Gasteiger partial charge in [-0.25, -0.2) is 0 Å². The summed E-state index contributed by atoms with van der Waals surface area (Å²) in [4.78, 5) is 29.9. The summed E-state index contributed by atoms with van der Waals surface area (Å²) in [6.07, 6.45) is 0. The third-order valence-electron chi connectivity index (χ3n) is 4.37. The number of carbonyl (C=O) groups is 2. The highest BCUT2D eigenvalue weighted by atomic mass is 32.1. The molecule has 1 aromatic heterocycles. The minimum absolute atomic E-state index is 0.0316. The summed E-state index contributed by atoms with van der Waals surface area (Å²) in [5.41, 5.74) is 2.05. The molecule has 0 unspecified atom stereocenters. The Hall–Kier alpha value is -2.34. The van der Waals surface area contributed by atoms with Crippen molar-refractivity contribution in [2.75, 3.05) is 26.7 Å². The largest absolute Gasteiger partial charge is 0.488 e. The Morgan fingerprint density at radius 3 is 2.64 bits per heavy atom. The summed E-state index contributed by atoms with van der Waals surface area (Å²) in [6, 6.07) is 9.74. The van der Waals surface area contributed by atoms with E-state index < -0.39 is 0 Å². The molecule has 0 saturated carbocycles. The van der Waals surface area contributed by atoms with Crippen molar-refractivity contribution in [3.63, 3.8) is 0 Å². The van der Waals surface area contributed by atoms with Gasteiger partial charge in [-0.05, 0) is 32.0 Å². The van der Waals surface area contributed by atoms with Gasteiger partial charge >= 0.3 is 0 Å².